The van der Waals surface area contributed by atoms with Crippen molar-refractivity contribution in [3.05, 3.63) is 42.5 Å². The molecule has 0 heterocycles. The first kappa shape index (κ1) is 15.4. The van der Waals surface area contributed by atoms with E-state index in [1.165, 1.54) is 0 Å². The van der Waals surface area contributed by atoms with Crippen molar-refractivity contribution in [2.75, 3.05) is 6.54 Å². The second kappa shape index (κ2) is 7.11. The van der Waals surface area contributed by atoms with Gasteiger partial charge in [0.15, 0.2) is 6.10 Å². The van der Waals surface area contributed by atoms with Crippen LogP contribution in [0.2, 0.25) is 0 Å². The number of rotatable bonds is 6. The lowest BCUT2D eigenvalue weighted by Crippen LogP contribution is -2.39. The molecular formula is C18H23NO2. The summed E-state index contributed by atoms with van der Waals surface area (Å²) < 4.78 is 5.96. The quantitative estimate of drug-likeness (QED) is 0.877. The highest BCUT2D eigenvalue weighted by atomic mass is 16.5. The Balaban J connectivity index is 2.15. The van der Waals surface area contributed by atoms with E-state index in [1.54, 1.807) is 0 Å². The Morgan fingerprint density at radius 3 is 2.57 bits per heavy atom. The van der Waals surface area contributed by atoms with Crippen LogP contribution < -0.4 is 10.1 Å². The van der Waals surface area contributed by atoms with Gasteiger partial charge in [0.1, 0.15) is 5.75 Å². The summed E-state index contributed by atoms with van der Waals surface area (Å²) in [6, 6.07) is 14.0. The van der Waals surface area contributed by atoms with Crippen LogP contribution in [0, 0.1) is 5.92 Å². The summed E-state index contributed by atoms with van der Waals surface area (Å²) in [5.74, 6) is 1.16. The van der Waals surface area contributed by atoms with E-state index in [1.807, 2.05) is 49.4 Å². The SMILES string of the molecule is CCC(Oc1cccc2ccccc12)C(=O)NCC(C)C. The van der Waals surface area contributed by atoms with Gasteiger partial charge in [-0.2, -0.15) is 0 Å². The fraction of sp³-hybridized carbons (Fsp3) is 0.389. The number of carbonyl (C=O) groups excluding carboxylic acids is 1. The number of nitrogens with one attached hydrogen (secondary N) is 1. The molecule has 2 aromatic rings. The molecule has 0 fully saturated rings. The van der Waals surface area contributed by atoms with Gasteiger partial charge < -0.3 is 10.1 Å². The van der Waals surface area contributed by atoms with E-state index in [-0.39, 0.29) is 5.91 Å². The Morgan fingerprint density at radius 2 is 1.86 bits per heavy atom. The molecule has 1 N–H and O–H groups in total. The smallest absolute Gasteiger partial charge is 0.261 e. The van der Waals surface area contributed by atoms with Gasteiger partial charge in [0.25, 0.3) is 5.91 Å². The number of fused-ring (bicyclic) bond motifs is 1. The lowest BCUT2D eigenvalue weighted by molar-refractivity contribution is -0.128. The fourth-order valence-electron chi connectivity index (χ4n) is 2.19. The minimum absolute atomic E-state index is 0.0425. The van der Waals surface area contributed by atoms with Gasteiger partial charge in [-0.25, -0.2) is 0 Å². The molecule has 0 saturated carbocycles. The summed E-state index contributed by atoms with van der Waals surface area (Å²) in [5, 5.41) is 5.09. The van der Waals surface area contributed by atoms with Crippen LogP contribution in [0.4, 0.5) is 0 Å². The van der Waals surface area contributed by atoms with Crippen molar-refractivity contribution in [3.63, 3.8) is 0 Å². The fourth-order valence-corrected chi connectivity index (χ4v) is 2.19. The normalized spacial score (nSPS) is 12.4. The van der Waals surface area contributed by atoms with E-state index in [9.17, 15) is 4.79 Å². The lowest BCUT2D eigenvalue weighted by Gasteiger charge is -2.19. The highest BCUT2D eigenvalue weighted by Gasteiger charge is 2.19. The van der Waals surface area contributed by atoms with E-state index < -0.39 is 6.10 Å². The van der Waals surface area contributed by atoms with Gasteiger partial charge in [-0.1, -0.05) is 57.2 Å². The van der Waals surface area contributed by atoms with Gasteiger partial charge in [-0.3, -0.25) is 4.79 Å². The molecule has 2 aromatic carbocycles. The highest BCUT2D eigenvalue weighted by Crippen LogP contribution is 2.26. The van der Waals surface area contributed by atoms with Crippen LogP contribution in [0.25, 0.3) is 10.8 Å². The Kier molecular flexibility index (Phi) is 5.20. The van der Waals surface area contributed by atoms with Crippen LogP contribution in [0.1, 0.15) is 27.2 Å². The predicted molar refractivity (Wildman–Crippen MR) is 86.5 cm³/mol. The van der Waals surface area contributed by atoms with Crippen molar-refractivity contribution in [2.45, 2.75) is 33.3 Å². The number of hydrogen-bond donors (Lipinski definition) is 1. The lowest BCUT2D eigenvalue weighted by atomic mass is 10.1. The largest absolute Gasteiger partial charge is 0.480 e. The summed E-state index contributed by atoms with van der Waals surface area (Å²) in [4.78, 5) is 12.2. The van der Waals surface area contributed by atoms with Gasteiger partial charge in [-0.15, -0.1) is 0 Å². The predicted octanol–water partition coefficient (Wildman–Crippen LogP) is 3.77. The molecule has 0 aliphatic heterocycles. The highest BCUT2D eigenvalue weighted by molar-refractivity contribution is 5.89. The van der Waals surface area contributed by atoms with Crippen molar-refractivity contribution < 1.29 is 9.53 Å². The Bertz CT molecular complexity index is 602. The van der Waals surface area contributed by atoms with Crippen LogP contribution in [0.5, 0.6) is 5.75 Å². The maximum atomic E-state index is 12.2. The van der Waals surface area contributed by atoms with Crippen LogP contribution in [-0.4, -0.2) is 18.6 Å². The van der Waals surface area contributed by atoms with Crippen molar-refractivity contribution in [1.29, 1.82) is 0 Å². The van der Waals surface area contributed by atoms with Crippen molar-refractivity contribution in [2.24, 2.45) is 5.92 Å². The van der Waals surface area contributed by atoms with Gasteiger partial charge in [0.05, 0.1) is 0 Å². The Morgan fingerprint density at radius 1 is 1.14 bits per heavy atom. The van der Waals surface area contributed by atoms with Gasteiger partial charge in [-0.05, 0) is 23.8 Å². The molecule has 0 radical (unpaired) electrons. The molecule has 112 valence electrons. The zero-order valence-corrected chi connectivity index (χ0v) is 12.9. The molecule has 0 spiro atoms. The zero-order chi connectivity index (χ0) is 15.2. The topological polar surface area (TPSA) is 38.3 Å². The molecule has 0 aliphatic rings. The minimum atomic E-state index is -0.449. The molecule has 2 rings (SSSR count). The third kappa shape index (κ3) is 3.97. The summed E-state index contributed by atoms with van der Waals surface area (Å²) in [5.41, 5.74) is 0. The molecule has 3 heteroatoms. The van der Waals surface area contributed by atoms with Gasteiger partial charge in [0.2, 0.25) is 0 Å². The molecule has 1 atom stereocenters. The first-order chi connectivity index (χ1) is 10.1. The second-order valence-electron chi connectivity index (χ2n) is 5.63. The molecule has 3 nitrogen and oxygen atoms in total. The first-order valence-corrected chi connectivity index (χ1v) is 7.54. The number of benzene rings is 2. The average Bonchev–Trinajstić information content (AvgIpc) is 2.50. The van der Waals surface area contributed by atoms with Crippen LogP contribution in [-0.2, 0) is 4.79 Å². The molecule has 1 unspecified atom stereocenters. The monoisotopic (exact) mass is 285 g/mol. The number of hydrogen-bond acceptors (Lipinski definition) is 2. The van der Waals surface area contributed by atoms with Crippen LogP contribution >= 0.6 is 0 Å². The number of carbonyl (C=O) groups is 1. The summed E-state index contributed by atoms with van der Waals surface area (Å²) in [6.07, 6.45) is 0.196. The van der Waals surface area contributed by atoms with Crippen LogP contribution in [0.15, 0.2) is 42.5 Å². The second-order valence-corrected chi connectivity index (χ2v) is 5.63. The molecular weight excluding hydrogens is 262 g/mol. The minimum Gasteiger partial charge on any atom is -0.480 e. The molecule has 1 amide bonds. The van der Waals surface area contributed by atoms with Gasteiger partial charge >= 0.3 is 0 Å². The van der Waals surface area contributed by atoms with E-state index in [0.717, 1.165) is 16.5 Å². The van der Waals surface area contributed by atoms with E-state index in [2.05, 4.69) is 19.2 Å². The van der Waals surface area contributed by atoms with E-state index >= 15 is 0 Å². The molecule has 0 bridgehead atoms. The van der Waals surface area contributed by atoms with Crippen molar-refractivity contribution in [1.82, 2.24) is 5.32 Å². The molecule has 0 saturated heterocycles. The van der Waals surface area contributed by atoms with Crippen molar-refractivity contribution >= 4 is 16.7 Å². The first-order valence-electron chi connectivity index (χ1n) is 7.54. The number of amides is 1. The third-order valence-electron chi connectivity index (χ3n) is 3.37. The zero-order valence-electron chi connectivity index (χ0n) is 12.9. The Hall–Kier alpha value is -2.03. The van der Waals surface area contributed by atoms with Crippen molar-refractivity contribution in [3.8, 4) is 5.75 Å². The number of ether oxygens (including phenoxy) is 1. The summed E-state index contributed by atoms with van der Waals surface area (Å²) in [6.45, 7) is 6.79. The maximum absolute atomic E-state index is 12.2. The molecule has 21 heavy (non-hydrogen) atoms. The average molecular weight is 285 g/mol. The third-order valence-corrected chi connectivity index (χ3v) is 3.37. The van der Waals surface area contributed by atoms with E-state index in [4.69, 9.17) is 4.74 Å². The summed E-state index contributed by atoms with van der Waals surface area (Å²) in [7, 11) is 0. The maximum Gasteiger partial charge on any atom is 0.261 e. The van der Waals surface area contributed by atoms with Crippen LogP contribution in [0.3, 0.4) is 0 Å². The standard InChI is InChI=1S/C18H23NO2/c1-4-16(18(20)19-12-13(2)3)21-17-11-7-9-14-8-5-6-10-15(14)17/h5-11,13,16H,4,12H2,1-3H3,(H,19,20). The summed E-state index contributed by atoms with van der Waals surface area (Å²) >= 11 is 0. The molecule has 0 aliphatic carbocycles. The Labute approximate surface area is 126 Å². The van der Waals surface area contributed by atoms with E-state index in [0.29, 0.717) is 18.9 Å². The molecule has 0 aromatic heterocycles. The van der Waals surface area contributed by atoms with Gasteiger partial charge in [0, 0.05) is 11.9 Å².